The molecule has 1 N–H and O–H groups in total. The average Bonchev–Trinajstić information content (AvgIpc) is 3.31. The Kier molecular flexibility index (Phi) is 3.43. The highest BCUT2D eigenvalue weighted by molar-refractivity contribution is 7.13. The normalized spacial score (nSPS) is 11.0. The Labute approximate surface area is 138 Å². The van der Waals surface area contributed by atoms with Gasteiger partial charge in [-0.15, -0.1) is 11.3 Å². The van der Waals surface area contributed by atoms with Gasteiger partial charge in [-0.05, 0) is 22.4 Å². The topological polar surface area (TPSA) is 111 Å². The van der Waals surface area contributed by atoms with Gasteiger partial charge in [0, 0.05) is 6.07 Å². The molecule has 0 spiro atoms. The quantitative estimate of drug-likeness (QED) is 0.438. The van der Waals surface area contributed by atoms with Crippen molar-refractivity contribution in [2.45, 2.75) is 6.54 Å². The number of nitro groups is 1. The fourth-order valence-electron chi connectivity index (χ4n) is 2.16. The summed E-state index contributed by atoms with van der Waals surface area (Å²) in [6, 6.07) is 7.22. The van der Waals surface area contributed by atoms with Crippen LogP contribution in [0.15, 0.2) is 46.5 Å². The first kappa shape index (κ1) is 14.3. The zero-order chi connectivity index (χ0) is 16.5. The molecule has 0 aliphatic heterocycles. The molecule has 0 fully saturated rings. The van der Waals surface area contributed by atoms with Gasteiger partial charge < -0.3 is 19.8 Å². The summed E-state index contributed by atoms with van der Waals surface area (Å²) in [4.78, 5) is 19.7. The number of thiophene rings is 1. The SMILES string of the molecule is O=[N+]([O-])c1cnc2ccc(NCc3coc(-c4cccs4)n3)nn12. The Morgan fingerprint density at radius 3 is 3.08 bits per heavy atom. The first-order chi connectivity index (χ1) is 11.7. The zero-order valence-corrected chi connectivity index (χ0v) is 12.9. The number of aromatic nitrogens is 4. The Bertz CT molecular complexity index is 1010. The molecule has 24 heavy (non-hydrogen) atoms. The van der Waals surface area contributed by atoms with E-state index in [-0.39, 0.29) is 5.82 Å². The highest BCUT2D eigenvalue weighted by Crippen LogP contribution is 2.24. The summed E-state index contributed by atoms with van der Waals surface area (Å²) >= 11 is 1.55. The van der Waals surface area contributed by atoms with E-state index >= 15 is 0 Å². The Balaban J connectivity index is 1.52. The van der Waals surface area contributed by atoms with Crippen molar-refractivity contribution in [2.24, 2.45) is 0 Å². The molecular formula is C14H10N6O3S. The van der Waals surface area contributed by atoms with E-state index in [2.05, 4.69) is 20.4 Å². The summed E-state index contributed by atoms with van der Waals surface area (Å²) in [7, 11) is 0. The predicted molar refractivity (Wildman–Crippen MR) is 86.8 cm³/mol. The van der Waals surface area contributed by atoms with Crippen LogP contribution in [0.4, 0.5) is 11.6 Å². The van der Waals surface area contributed by atoms with E-state index in [0.29, 0.717) is 29.6 Å². The predicted octanol–water partition coefficient (Wildman–Crippen LogP) is 2.97. The van der Waals surface area contributed by atoms with Crippen molar-refractivity contribution in [1.29, 1.82) is 0 Å². The molecule has 120 valence electrons. The molecular weight excluding hydrogens is 332 g/mol. The fourth-order valence-corrected chi connectivity index (χ4v) is 2.82. The van der Waals surface area contributed by atoms with Gasteiger partial charge in [0.05, 0.1) is 17.1 Å². The van der Waals surface area contributed by atoms with Gasteiger partial charge in [-0.1, -0.05) is 15.7 Å². The minimum absolute atomic E-state index is 0.185. The molecule has 0 amide bonds. The molecule has 0 aliphatic carbocycles. The number of rotatable bonds is 5. The number of nitrogens with zero attached hydrogens (tertiary/aromatic N) is 5. The molecule has 4 rings (SSSR count). The molecule has 0 saturated carbocycles. The van der Waals surface area contributed by atoms with E-state index in [1.165, 1.54) is 10.7 Å². The van der Waals surface area contributed by atoms with E-state index in [1.807, 2.05) is 17.5 Å². The van der Waals surface area contributed by atoms with Crippen LogP contribution in [-0.2, 0) is 6.54 Å². The second kappa shape index (κ2) is 5.74. The second-order valence-corrected chi connectivity index (χ2v) is 5.78. The summed E-state index contributed by atoms with van der Waals surface area (Å²) in [5, 5.41) is 20.1. The Morgan fingerprint density at radius 2 is 2.29 bits per heavy atom. The molecule has 10 heteroatoms. The number of fused-ring (bicyclic) bond motifs is 1. The third-order valence-corrected chi connectivity index (χ3v) is 4.12. The molecule has 0 aliphatic rings. The lowest BCUT2D eigenvalue weighted by molar-refractivity contribution is -0.391. The fraction of sp³-hybridized carbons (Fsp3) is 0.0714. The molecule has 4 heterocycles. The Morgan fingerprint density at radius 1 is 1.38 bits per heavy atom. The van der Waals surface area contributed by atoms with Gasteiger partial charge in [-0.2, -0.15) is 0 Å². The molecule has 0 radical (unpaired) electrons. The first-order valence-corrected chi connectivity index (χ1v) is 7.80. The summed E-state index contributed by atoms with van der Waals surface area (Å²) in [6.07, 6.45) is 2.75. The number of imidazole rings is 1. The van der Waals surface area contributed by atoms with Crippen molar-refractivity contribution >= 4 is 28.6 Å². The van der Waals surface area contributed by atoms with Crippen LogP contribution in [0.25, 0.3) is 16.4 Å². The number of oxazole rings is 1. The van der Waals surface area contributed by atoms with E-state index in [9.17, 15) is 10.1 Å². The van der Waals surface area contributed by atoms with Crippen LogP contribution in [0.1, 0.15) is 5.69 Å². The lowest BCUT2D eigenvalue weighted by Crippen LogP contribution is -2.05. The lowest BCUT2D eigenvalue weighted by atomic mass is 10.4. The average molecular weight is 342 g/mol. The van der Waals surface area contributed by atoms with Gasteiger partial charge in [0.2, 0.25) is 11.5 Å². The second-order valence-electron chi connectivity index (χ2n) is 4.84. The molecule has 0 unspecified atom stereocenters. The molecule has 0 bridgehead atoms. The van der Waals surface area contributed by atoms with Crippen LogP contribution in [-0.4, -0.2) is 24.5 Å². The first-order valence-electron chi connectivity index (χ1n) is 6.92. The lowest BCUT2D eigenvalue weighted by Gasteiger charge is -2.01. The molecule has 0 atom stereocenters. The standard InChI is InChI=1S/C14H10N6O3S/c21-20(22)13-7-16-12-4-3-11(18-19(12)13)15-6-9-8-23-14(17-9)10-2-1-5-24-10/h1-5,7-8H,6H2,(H,15,18). The number of hydrogen-bond donors (Lipinski definition) is 1. The van der Waals surface area contributed by atoms with Gasteiger partial charge >= 0.3 is 5.82 Å². The number of anilines is 1. The van der Waals surface area contributed by atoms with Crippen LogP contribution in [0.2, 0.25) is 0 Å². The maximum absolute atomic E-state index is 10.9. The van der Waals surface area contributed by atoms with Crippen molar-refractivity contribution in [1.82, 2.24) is 19.6 Å². The smallest absolute Gasteiger partial charge is 0.368 e. The highest BCUT2D eigenvalue weighted by Gasteiger charge is 2.16. The van der Waals surface area contributed by atoms with Crippen LogP contribution in [0.3, 0.4) is 0 Å². The van der Waals surface area contributed by atoms with Crippen molar-refractivity contribution < 1.29 is 9.34 Å². The summed E-state index contributed by atoms with van der Waals surface area (Å²) in [5.74, 6) is 0.856. The highest BCUT2D eigenvalue weighted by atomic mass is 32.1. The molecule has 0 aromatic carbocycles. The zero-order valence-electron chi connectivity index (χ0n) is 12.1. The third kappa shape index (κ3) is 2.58. The van der Waals surface area contributed by atoms with E-state index in [1.54, 1.807) is 29.7 Å². The summed E-state index contributed by atoms with van der Waals surface area (Å²) in [6.45, 7) is 0.385. The maximum Gasteiger partial charge on any atom is 0.368 e. The van der Waals surface area contributed by atoms with Crippen LogP contribution in [0.5, 0.6) is 0 Å². The summed E-state index contributed by atoms with van der Waals surface area (Å²) in [5.41, 5.74) is 1.12. The van der Waals surface area contributed by atoms with Crippen molar-refractivity contribution in [3.63, 3.8) is 0 Å². The van der Waals surface area contributed by atoms with Gasteiger partial charge in [-0.3, -0.25) is 0 Å². The molecule has 0 saturated heterocycles. The number of hydrogen-bond acceptors (Lipinski definition) is 8. The van der Waals surface area contributed by atoms with E-state index < -0.39 is 4.92 Å². The molecule has 9 nitrogen and oxygen atoms in total. The van der Waals surface area contributed by atoms with Gasteiger partial charge in [0.25, 0.3) is 0 Å². The molecule has 4 aromatic rings. The van der Waals surface area contributed by atoms with Crippen LogP contribution < -0.4 is 5.32 Å². The van der Waals surface area contributed by atoms with Crippen molar-refractivity contribution in [3.8, 4) is 10.8 Å². The van der Waals surface area contributed by atoms with Gasteiger partial charge in [0.1, 0.15) is 12.5 Å². The van der Waals surface area contributed by atoms with Gasteiger partial charge in [0.15, 0.2) is 5.82 Å². The summed E-state index contributed by atoms with van der Waals surface area (Å²) < 4.78 is 6.62. The van der Waals surface area contributed by atoms with Crippen molar-refractivity contribution in [2.75, 3.05) is 5.32 Å². The van der Waals surface area contributed by atoms with Crippen molar-refractivity contribution in [3.05, 3.63) is 57.9 Å². The van der Waals surface area contributed by atoms with E-state index in [4.69, 9.17) is 4.42 Å². The monoisotopic (exact) mass is 342 g/mol. The minimum atomic E-state index is -0.526. The van der Waals surface area contributed by atoms with Crippen LogP contribution >= 0.6 is 11.3 Å². The third-order valence-electron chi connectivity index (χ3n) is 3.27. The van der Waals surface area contributed by atoms with Crippen LogP contribution in [0, 0.1) is 10.1 Å². The number of nitrogens with one attached hydrogen (secondary N) is 1. The maximum atomic E-state index is 10.9. The Hall–Kier alpha value is -3.27. The molecule has 4 aromatic heterocycles. The largest absolute Gasteiger partial charge is 0.443 e. The van der Waals surface area contributed by atoms with E-state index in [0.717, 1.165) is 4.88 Å². The van der Waals surface area contributed by atoms with Gasteiger partial charge in [-0.25, -0.2) is 9.97 Å². The minimum Gasteiger partial charge on any atom is -0.443 e.